The molecule has 5 rings (SSSR count). The van der Waals surface area contributed by atoms with Gasteiger partial charge in [-0.15, -0.1) is 11.3 Å². The van der Waals surface area contributed by atoms with Crippen LogP contribution in [-0.2, 0) is 21.5 Å². The number of nitrogens with zero attached hydrogens (tertiary/aromatic N) is 2. The molecule has 7 nitrogen and oxygen atoms in total. The van der Waals surface area contributed by atoms with Crippen LogP contribution in [0.3, 0.4) is 0 Å². The molecule has 1 unspecified atom stereocenters. The van der Waals surface area contributed by atoms with E-state index in [2.05, 4.69) is 15.6 Å². The summed E-state index contributed by atoms with van der Waals surface area (Å²) in [5.41, 5.74) is 1.83. The van der Waals surface area contributed by atoms with Gasteiger partial charge in [-0.2, -0.15) is 0 Å². The zero-order valence-electron chi connectivity index (χ0n) is 16.2. The second-order valence-electron chi connectivity index (χ2n) is 7.48. The van der Waals surface area contributed by atoms with Gasteiger partial charge in [-0.25, -0.2) is 14.2 Å². The number of anilines is 1. The summed E-state index contributed by atoms with van der Waals surface area (Å²) in [7, 11) is 0. The van der Waals surface area contributed by atoms with E-state index in [1.807, 2.05) is 24.3 Å². The van der Waals surface area contributed by atoms with Crippen LogP contribution in [0.4, 0.5) is 14.3 Å². The third kappa shape index (κ3) is 3.27. The third-order valence-corrected chi connectivity index (χ3v) is 6.35. The molecule has 1 saturated heterocycles. The lowest BCUT2D eigenvalue weighted by atomic mass is 9.92. The van der Waals surface area contributed by atoms with Gasteiger partial charge in [-0.1, -0.05) is 36.4 Å². The van der Waals surface area contributed by atoms with E-state index in [4.69, 9.17) is 0 Å². The van der Waals surface area contributed by atoms with Crippen molar-refractivity contribution in [2.45, 2.75) is 18.4 Å². The fourth-order valence-corrected chi connectivity index (χ4v) is 4.88. The Morgan fingerprint density at radius 3 is 2.90 bits per heavy atom. The first-order valence-electron chi connectivity index (χ1n) is 9.70. The molecular formula is C22H17FN4O3S. The molecule has 1 fully saturated rings. The lowest BCUT2D eigenvalue weighted by Crippen LogP contribution is -2.42. The highest BCUT2D eigenvalue weighted by Crippen LogP contribution is 2.41. The van der Waals surface area contributed by atoms with Crippen LogP contribution >= 0.6 is 11.3 Å². The zero-order valence-corrected chi connectivity index (χ0v) is 17.0. The summed E-state index contributed by atoms with van der Waals surface area (Å²) in [6.45, 7) is -0.413. The summed E-state index contributed by atoms with van der Waals surface area (Å²) in [6, 6.07) is 12.9. The fourth-order valence-electron chi connectivity index (χ4n) is 4.15. The van der Waals surface area contributed by atoms with Crippen LogP contribution in [0.2, 0.25) is 0 Å². The number of thiazole rings is 1. The minimum absolute atomic E-state index is 0.303. The number of nitrogens with one attached hydrogen (secondary N) is 2. The number of rotatable bonds is 4. The van der Waals surface area contributed by atoms with Gasteiger partial charge in [-0.3, -0.25) is 14.5 Å². The minimum atomic E-state index is -1.10. The van der Waals surface area contributed by atoms with Crippen LogP contribution in [0.15, 0.2) is 53.9 Å². The average molecular weight is 436 g/mol. The molecular weight excluding hydrogens is 419 g/mol. The van der Waals surface area contributed by atoms with Crippen molar-refractivity contribution in [3.8, 4) is 11.3 Å². The Bertz CT molecular complexity index is 1230. The monoisotopic (exact) mass is 436 g/mol. The van der Waals surface area contributed by atoms with Crippen LogP contribution in [0.1, 0.15) is 17.5 Å². The number of imide groups is 1. The molecule has 2 aromatic carbocycles. The van der Waals surface area contributed by atoms with Crippen molar-refractivity contribution in [2.75, 3.05) is 11.9 Å². The molecule has 31 heavy (non-hydrogen) atoms. The molecule has 1 aliphatic carbocycles. The summed E-state index contributed by atoms with van der Waals surface area (Å²) < 4.78 is 13.4. The molecule has 0 radical (unpaired) electrons. The number of hydrogen-bond acceptors (Lipinski definition) is 5. The van der Waals surface area contributed by atoms with Crippen molar-refractivity contribution in [2.24, 2.45) is 0 Å². The number of benzene rings is 2. The van der Waals surface area contributed by atoms with E-state index >= 15 is 0 Å². The Labute approximate surface area is 180 Å². The molecule has 1 atom stereocenters. The van der Waals surface area contributed by atoms with Gasteiger partial charge in [-0.05, 0) is 36.1 Å². The smallest absolute Gasteiger partial charge is 0.319 e. The van der Waals surface area contributed by atoms with E-state index in [0.29, 0.717) is 29.2 Å². The Balaban J connectivity index is 1.29. The maximum Gasteiger partial charge on any atom is 0.325 e. The molecule has 4 amide bonds. The van der Waals surface area contributed by atoms with Gasteiger partial charge in [0.15, 0.2) is 5.13 Å². The van der Waals surface area contributed by atoms with Crippen molar-refractivity contribution in [3.63, 3.8) is 0 Å². The molecule has 3 aromatic rings. The van der Waals surface area contributed by atoms with Crippen molar-refractivity contribution < 1.29 is 18.8 Å². The molecule has 1 spiro atoms. The molecule has 9 heteroatoms. The van der Waals surface area contributed by atoms with Crippen LogP contribution in [0.25, 0.3) is 11.3 Å². The molecule has 156 valence electrons. The molecule has 0 saturated carbocycles. The standard InChI is InChI=1S/C22H17FN4O3S/c23-15-6-3-5-14(10-15)17-12-31-20(24-17)25-18(28)11-27-19(29)22(26-21(27)30)9-8-13-4-1-2-7-16(13)22/h1-7,10,12H,8-9,11H2,(H,26,30)(H,24,25,28). The van der Waals surface area contributed by atoms with E-state index in [-0.39, 0.29) is 5.82 Å². The Morgan fingerprint density at radius 1 is 1.23 bits per heavy atom. The number of halogens is 1. The van der Waals surface area contributed by atoms with Crippen LogP contribution in [0.5, 0.6) is 0 Å². The number of fused-ring (bicyclic) bond motifs is 2. The number of carbonyl (C=O) groups excluding carboxylic acids is 3. The summed E-state index contributed by atoms with van der Waals surface area (Å²) >= 11 is 1.18. The molecule has 1 aliphatic heterocycles. The molecule has 2 heterocycles. The quantitative estimate of drug-likeness (QED) is 0.614. The summed E-state index contributed by atoms with van der Waals surface area (Å²) in [5.74, 6) is -1.33. The van der Waals surface area contributed by atoms with Crippen LogP contribution < -0.4 is 10.6 Å². The van der Waals surface area contributed by atoms with Gasteiger partial charge in [0, 0.05) is 10.9 Å². The Morgan fingerprint density at radius 2 is 2.06 bits per heavy atom. The lowest BCUT2D eigenvalue weighted by molar-refractivity contribution is -0.134. The molecule has 1 aromatic heterocycles. The van der Waals surface area contributed by atoms with Gasteiger partial charge < -0.3 is 10.6 Å². The molecule has 2 N–H and O–H groups in total. The van der Waals surface area contributed by atoms with Gasteiger partial charge >= 0.3 is 6.03 Å². The van der Waals surface area contributed by atoms with E-state index in [1.54, 1.807) is 17.5 Å². The maximum absolute atomic E-state index is 13.4. The number of urea groups is 1. The first-order chi connectivity index (χ1) is 15.0. The van der Waals surface area contributed by atoms with Crippen molar-refractivity contribution in [3.05, 3.63) is 70.9 Å². The van der Waals surface area contributed by atoms with Gasteiger partial charge in [0.2, 0.25) is 5.91 Å². The summed E-state index contributed by atoms with van der Waals surface area (Å²) in [5, 5.41) is 7.41. The van der Waals surface area contributed by atoms with E-state index < -0.39 is 29.9 Å². The highest BCUT2D eigenvalue weighted by molar-refractivity contribution is 7.14. The number of amides is 4. The van der Waals surface area contributed by atoms with Crippen LogP contribution in [-0.4, -0.2) is 34.3 Å². The minimum Gasteiger partial charge on any atom is -0.319 e. The van der Waals surface area contributed by atoms with E-state index in [0.717, 1.165) is 16.0 Å². The van der Waals surface area contributed by atoms with E-state index in [9.17, 15) is 18.8 Å². The van der Waals surface area contributed by atoms with E-state index in [1.165, 1.54) is 23.5 Å². The fraction of sp³-hybridized carbons (Fsp3) is 0.182. The predicted molar refractivity (Wildman–Crippen MR) is 113 cm³/mol. The average Bonchev–Trinajstić information content (AvgIpc) is 3.43. The number of aromatic nitrogens is 1. The normalized spacial score (nSPS) is 19.6. The number of carbonyl (C=O) groups is 3. The Hall–Kier alpha value is -3.59. The predicted octanol–water partition coefficient (Wildman–Crippen LogP) is 3.28. The molecule has 0 bridgehead atoms. The maximum atomic E-state index is 13.4. The third-order valence-electron chi connectivity index (χ3n) is 5.59. The molecule has 2 aliphatic rings. The first kappa shape index (κ1) is 19.4. The van der Waals surface area contributed by atoms with Crippen molar-refractivity contribution in [1.29, 1.82) is 0 Å². The zero-order chi connectivity index (χ0) is 21.6. The van der Waals surface area contributed by atoms with Crippen molar-refractivity contribution in [1.82, 2.24) is 15.2 Å². The van der Waals surface area contributed by atoms with Gasteiger partial charge in [0.25, 0.3) is 5.91 Å². The Kier molecular flexibility index (Phi) is 4.55. The topological polar surface area (TPSA) is 91.4 Å². The van der Waals surface area contributed by atoms with Crippen LogP contribution in [0, 0.1) is 5.82 Å². The first-order valence-corrected chi connectivity index (χ1v) is 10.6. The van der Waals surface area contributed by atoms with Crippen molar-refractivity contribution >= 4 is 34.3 Å². The van der Waals surface area contributed by atoms with Gasteiger partial charge in [0.1, 0.15) is 17.9 Å². The largest absolute Gasteiger partial charge is 0.325 e. The highest BCUT2D eigenvalue weighted by Gasteiger charge is 2.55. The van der Waals surface area contributed by atoms with Gasteiger partial charge in [0.05, 0.1) is 5.69 Å². The second-order valence-corrected chi connectivity index (χ2v) is 8.34. The summed E-state index contributed by atoms with van der Waals surface area (Å²) in [4.78, 5) is 43.4. The number of hydrogen-bond donors (Lipinski definition) is 2. The number of aryl methyl sites for hydroxylation is 1. The lowest BCUT2D eigenvalue weighted by Gasteiger charge is -2.22. The highest BCUT2D eigenvalue weighted by atomic mass is 32.1. The summed E-state index contributed by atoms with van der Waals surface area (Å²) in [6.07, 6.45) is 1.16. The second kappa shape index (κ2) is 7.28. The SMILES string of the molecule is O=C(CN1C(=O)NC2(CCc3ccccc32)C1=O)Nc1nc(-c2cccc(F)c2)cs1.